The van der Waals surface area contributed by atoms with E-state index in [9.17, 15) is 4.79 Å². The number of benzene rings is 1. The van der Waals surface area contributed by atoms with Gasteiger partial charge in [-0.1, -0.05) is 19.9 Å². The zero-order chi connectivity index (χ0) is 13.7. The second kappa shape index (κ2) is 6.04. The van der Waals surface area contributed by atoms with Crippen molar-refractivity contribution in [2.75, 3.05) is 11.9 Å². The number of hydrogen-bond acceptors (Lipinski definition) is 3. The van der Waals surface area contributed by atoms with Gasteiger partial charge < -0.3 is 10.1 Å². The van der Waals surface area contributed by atoms with Crippen LogP contribution < -0.4 is 10.1 Å². The van der Waals surface area contributed by atoms with Crippen molar-refractivity contribution in [3.05, 3.63) is 43.0 Å². The van der Waals surface area contributed by atoms with Gasteiger partial charge in [0.15, 0.2) is 0 Å². The molecule has 5 heteroatoms. The Hall–Kier alpha value is -2.30. The van der Waals surface area contributed by atoms with Gasteiger partial charge in [0.1, 0.15) is 12.1 Å². The first-order valence-corrected chi connectivity index (χ1v) is 6.17. The molecule has 0 aliphatic heterocycles. The highest BCUT2D eigenvalue weighted by Gasteiger charge is 2.05. The second-order valence-electron chi connectivity index (χ2n) is 4.63. The molecule has 0 saturated heterocycles. The van der Waals surface area contributed by atoms with E-state index in [4.69, 9.17) is 4.74 Å². The maximum Gasteiger partial charge on any atom is 0.331 e. The summed E-state index contributed by atoms with van der Waals surface area (Å²) in [6.07, 6.45) is 4.60. The SMILES string of the molecule is CC(C)COc1cccc(NC(=O)n2ccnc2)c1. The molecule has 0 aliphatic rings. The molecule has 1 aromatic heterocycles. The van der Waals surface area contributed by atoms with Crippen molar-refractivity contribution in [2.45, 2.75) is 13.8 Å². The van der Waals surface area contributed by atoms with E-state index in [1.54, 1.807) is 18.5 Å². The van der Waals surface area contributed by atoms with Gasteiger partial charge in [0, 0.05) is 24.1 Å². The molecular weight excluding hydrogens is 242 g/mol. The van der Waals surface area contributed by atoms with Crippen LogP contribution >= 0.6 is 0 Å². The molecule has 1 aromatic carbocycles. The molecule has 2 aromatic rings. The standard InChI is InChI=1S/C14H17N3O2/c1-11(2)9-19-13-5-3-4-12(8-13)16-14(18)17-7-6-15-10-17/h3-8,10-11H,9H2,1-2H3,(H,16,18). The van der Waals surface area contributed by atoms with Gasteiger partial charge in [0.25, 0.3) is 0 Å². The van der Waals surface area contributed by atoms with Crippen molar-refractivity contribution in [1.29, 1.82) is 0 Å². The highest BCUT2D eigenvalue weighted by atomic mass is 16.5. The predicted octanol–water partition coefficient (Wildman–Crippen LogP) is 3.00. The van der Waals surface area contributed by atoms with E-state index in [1.807, 2.05) is 18.2 Å². The molecule has 5 nitrogen and oxygen atoms in total. The molecule has 0 radical (unpaired) electrons. The summed E-state index contributed by atoms with van der Waals surface area (Å²) in [6, 6.07) is 7.08. The van der Waals surface area contributed by atoms with Gasteiger partial charge in [-0.2, -0.15) is 0 Å². The number of nitrogens with one attached hydrogen (secondary N) is 1. The van der Waals surface area contributed by atoms with E-state index < -0.39 is 0 Å². The van der Waals surface area contributed by atoms with Crippen molar-refractivity contribution in [3.8, 4) is 5.75 Å². The van der Waals surface area contributed by atoms with Gasteiger partial charge >= 0.3 is 6.03 Å². The maximum atomic E-state index is 11.8. The number of rotatable bonds is 4. The van der Waals surface area contributed by atoms with Crippen molar-refractivity contribution >= 4 is 11.7 Å². The summed E-state index contributed by atoms with van der Waals surface area (Å²) >= 11 is 0. The van der Waals surface area contributed by atoms with E-state index in [-0.39, 0.29) is 6.03 Å². The first-order chi connectivity index (χ1) is 9.15. The summed E-state index contributed by atoms with van der Waals surface area (Å²) in [6.45, 7) is 4.83. The number of amides is 1. The number of imidazole rings is 1. The van der Waals surface area contributed by atoms with Crippen molar-refractivity contribution in [2.24, 2.45) is 5.92 Å². The molecule has 2 rings (SSSR count). The Morgan fingerprint density at radius 2 is 2.32 bits per heavy atom. The molecular formula is C14H17N3O2. The normalized spacial score (nSPS) is 10.5. The average molecular weight is 259 g/mol. The second-order valence-corrected chi connectivity index (χ2v) is 4.63. The van der Waals surface area contributed by atoms with Gasteiger partial charge in [-0.25, -0.2) is 9.78 Å². The Morgan fingerprint density at radius 3 is 3.00 bits per heavy atom. The summed E-state index contributed by atoms with van der Waals surface area (Å²) in [5, 5.41) is 2.78. The van der Waals surface area contributed by atoms with E-state index >= 15 is 0 Å². The van der Waals surface area contributed by atoms with Crippen LogP contribution in [0, 0.1) is 5.92 Å². The topological polar surface area (TPSA) is 56.1 Å². The molecule has 0 saturated carbocycles. The van der Waals surface area contributed by atoms with E-state index in [0.717, 1.165) is 5.75 Å². The van der Waals surface area contributed by atoms with Gasteiger partial charge in [-0.3, -0.25) is 4.57 Å². The summed E-state index contributed by atoms with van der Waals surface area (Å²) in [5.74, 6) is 1.21. The fourth-order valence-electron chi connectivity index (χ4n) is 1.49. The minimum absolute atomic E-state index is 0.251. The van der Waals surface area contributed by atoms with Crippen LogP contribution in [0.1, 0.15) is 13.8 Å². The summed E-state index contributed by atoms with van der Waals surface area (Å²) in [4.78, 5) is 15.7. The number of hydrogen-bond donors (Lipinski definition) is 1. The molecule has 0 unspecified atom stereocenters. The number of ether oxygens (including phenoxy) is 1. The molecule has 19 heavy (non-hydrogen) atoms. The largest absolute Gasteiger partial charge is 0.493 e. The van der Waals surface area contributed by atoms with E-state index in [0.29, 0.717) is 18.2 Å². The lowest BCUT2D eigenvalue weighted by molar-refractivity contribution is 0.253. The molecule has 1 N–H and O–H groups in total. The molecule has 0 atom stereocenters. The van der Waals surface area contributed by atoms with Crippen LogP contribution in [-0.4, -0.2) is 22.2 Å². The van der Waals surface area contributed by atoms with Gasteiger partial charge in [0.05, 0.1) is 6.61 Å². The molecule has 1 heterocycles. The minimum atomic E-state index is -0.251. The van der Waals surface area contributed by atoms with Crippen LogP contribution in [0.3, 0.4) is 0 Å². The van der Waals surface area contributed by atoms with Crippen molar-refractivity contribution in [3.63, 3.8) is 0 Å². The number of carbonyl (C=O) groups is 1. The summed E-state index contributed by atoms with van der Waals surface area (Å²) in [7, 11) is 0. The Kier molecular flexibility index (Phi) is 4.18. The fraction of sp³-hybridized carbons (Fsp3) is 0.286. The quantitative estimate of drug-likeness (QED) is 0.918. The number of aromatic nitrogens is 2. The van der Waals surface area contributed by atoms with Crippen LogP contribution in [0.2, 0.25) is 0 Å². The van der Waals surface area contributed by atoms with Crippen LogP contribution in [0.4, 0.5) is 10.5 Å². The molecule has 0 fully saturated rings. The third-order valence-corrected chi connectivity index (χ3v) is 2.41. The number of carbonyl (C=O) groups excluding carboxylic acids is 1. The molecule has 0 aliphatic carbocycles. The fourth-order valence-corrected chi connectivity index (χ4v) is 1.49. The highest BCUT2D eigenvalue weighted by Crippen LogP contribution is 2.18. The third-order valence-electron chi connectivity index (χ3n) is 2.41. The molecule has 0 spiro atoms. The van der Waals surface area contributed by atoms with Crippen molar-refractivity contribution < 1.29 is 9.53 Å². The molecule has 0 bridgehead atoms. The Bertz CT molecular complexity index is 535. The van der Waals surface area contributed by atoms with E-state index in [2.05, 4.69) is 24.1 Å². The first-order valence-electron chi connectivity index (χ1n) is 6.17. The summed E-state index contributed by atoms with van der Waals surface area (Å²) < 4.78 is 6.99. The highest BCUT2D eigenvalue weighted by molar-refractivity contribution is 5.91. The number of nitrogens with zero attached hydrogens (tertiary/aromatic N) is 2. The summed E-state index contributed by atoms with van der Waals surface area (Å²) in [5.41, 5.74) is 0.694. The lowest BCUT2D eigenvalue weighted by atomic mass is 10.2. The van der Waals surface area contributed by atoms with Gasteiger partial charge in [-0.15, -0.1) is 0 Å². The minimum Gasteiger partial charge on any atom is -0.493 e. The lowest BCUT2D eigenvalue weighted by Crippen LogP contribution is -2.17. The Balaban J connectivity index is 2.01. The van der Waals surface area contributed by atoms with Crippen LogP contribution in [-0.2, 0) is 0 Å². The van der Waals surface area contributed by atoms with E-state index in [1.165, 1.54) is 10.9 Å². The van der Waals surface area contributed by atoms with Crippen molar-refractivity contribution in [1.82, 2.24) is 9.55 Å². The maximum absolute atomic E-state index is 11.8. The van der Waals surface area contributed by atoms with Crippen LogP contribution in [0.5, 0.6) is 5.75 Å². The van der Waals surface area contributed by atoms with Crippen LogP contribution in [0.15, 0.2) is 43.0 Å². The zero-order valence-electron chi connectivity index (χ0n) is 11.0. The lowest BCUT2D eigenvalue weighted by Gasteiger charge is -2.10. The third kappa shape index (κ3) is 3.84. The monoisotopic (exact) mass is 259 g/mol. The number of anilines is 1. The Labute approximate surface area is 112 Å². The van der Waals surface area contributed by atoms with Gasteiger partial charge in [-0.05, 0) is 18.1 Å². The first kappa shape index (κ1) is 13.1. The van der Waals surface area contributed by atoms with Crippen LogP contribution in [0.25, 0.3) is 0 Å². The molecule has 1 amide bonds. The average Bonchev–Trinajstić information content (AvgIpc) is 2.91. The predicted molar refractivity (Wildman–Crippen MR) is 73.4 cm³/mol. The smallest absolute Gasteiger partial charge is 0.331 e. The molecule has 100 valence electrons. The zero-order valence-corrected chi connectivity index (χ0v) is 11.0. The van der Waals surface area contributed by atoms with Gasteiger partial charge in [0.2, 0.25) is 0 Å². The Morgan fingerprint density at radius 1 is 1.47 bits per heavy atom.